The van der Waals surface area contributed by atoms with Crippen molar-refractivity contribution in [3.63, 3.8) is 0 Å². The van der Waals surface area contributed by atoms with Gasteiger partial charge < -0.3 is 15.3 Å². The lowest BCUT2D eigenvalue weighted by Gasteiger charge is -2.17. The summed E-state index contributed by atoms with van der Waals surface area (Å²) in [7, 11) is 2.44. The number of aromatic nitrogens is 1. The highest BCUT2D eigenvalue weighted by atomic mass is 32.1. The summed E-state index contributed by atoms with van der Waals surface area (Å²) in [5, 5.41) is 16.4. The zero-order valence-corrected chi connectivity index (χ0v) is 22.1. The van der Waals surface area contributed by atoms with Crippen LogP contribution in [0.25, 0.3) is 31.6 Å². The average molecular weight is 528 g/mol. The van der Waals surface area contributed by atoms with Gasteiger partial charge in [0.15, 0.2) is 0 Å². The van der Waals surface area contributed by atoms with Crippen LogP contribution in [0, 0.1) is 0 Å². The smallest absolute Gasteiger partial charge is 0.323 e. The minimum atomic E-state index is -0.863. The van der Waals surface area contributed by atoms with Crippen molar-refractivity contribution in [2.75, 3.05) is 31.2 Å². The van der Waals surface area contributed by atoms with Crippen molar-refractivity contribution < 1.29 is 14.7 Å². The first kappa shape index (κ1) is 24.9. The van der Waals surface area contributed by atoms with Crippen LogP contribution >= 0.6 is 19.9 Å². The maximum absolute atomic E-state index is 12.7. The van der Waals surface area contributed by atoms with Crippen molar-refractivity contribution >= 4 is 63.8 Å². The van der Waals surface area contributed by atoms with Crippen molar-refractivity contribution in [1.29, 1.82) is 0 Å². The molecular formula is C29H26N3O3PS. The van der Waals surface area contributed by atoms with Gasteiger partial charge in [0, 0.05) is 30.4 Å². The second kappa shape index (κ2) is 11.1. The number of nitrogens with one attached hydrogen (secondary N) is 1. The van der Waals surface area contributed by atoms with E-state index in [1.54, 1.807) is 23.3 Å². The molecule has 8 heteroatoms. The van der Waals surface area contributed by atoms with Crippen LogP contribution in [0.4, 0.5) is 5.69 Å². The Kier molecular flexibility index (Phi) is 7.45. The number of amides is 1. The number of rotatable bonds is 9. The zero-order chi connectivity index (χ0) is 25.8. The van der Waals surface area contributed by atoms with E-state index in [9.17, 15) is 9.59 Å². The van der Waals surface area contributed by atoms with Gasteiger partial charge in [-0.05, 0) is 58.6 Å². The molecule has 1 heterocycles. The van der Waals surface area contributed by atoms with Crippen LogP contribution in [0.5, 0.6) is 0 Å². The van der Waals surface area contributed by atoms with Crippen molar-refractivity contribution in [2.45, 2.75) is 0 Å². The highest BCUT2D eigenvalue weighted by Crippen LogP contribution is 2.33. The Morgan fingerprint density at radius 1 is 0.973 bits per heavy atom. The number of fused-ring (bicyclic) bond motifs is 2. The Balaban J connectivity index is 1.28. The van der Waals surface area contributed by atoms with Gasteiger partial charge in [-0.15, -0.1) is 11.3 Å². The zero-order valence-electron chi connectivity index (χ0n) is 20.3. The van der Waals surface area contributed by atoms with E-state index in [0.717, 1.165) is 43.4 Å². The van der Waals surface area contributed by atoms with Gasteiger partial charge in [0.25, 0.3) is 5.91 Å². The summed E-state index contributed by atoms with van der Waals surface area (Å²) in [6.45, 7) is 0.590. The van der Waals surface area contributed by atoms with E-state index in [2.05, 4.69) is 23.5 Å². The Bertz CT molecular complexity index is 1590. The van der Waals surface area contributed by atoms with E-state index >= 15 is 0 Å². The molecule has 1 atom stereocenters. The molecule has 186 valence electrons. The van der Waals surface area contributed by atoms with Gasteiger partial charge in [-0.25, -0.2) is 4.98 Å². The molecule has 1 unspecified atom stereocenters. The third-order valence-corrected chi connectivity index (χ3v) is 8.36. The lowest BCUT2D eigenvalue weighted by atomic mass is 10.1. The second-order valence-electron chi connectivity index (χ2n) is 8.75. The lowest BCUT2D eigenvalue weighted by molar-refractivity contribution is -0.135. The quantitative estimate of drug-likeness (QED) is 0.199. The van der Waals surface area contributed by atoms with Gasteiger partial charge in [-0.2, -0.15) is 0 Å². The number of hydrogen-bond acceptors (Lipinski definition) is 5. The van der Waals surface area contributed by atoms with Crippen LogP contribution in [-0.2, 0) is 4.79 Å². The number of carbonyl (C=O) groups excluding carboxylic acids is 1. The fourth-order valence-electron chi connectivity index (χ4n) is 4.13. The van der Waals surface area contributed by atoms with E-state index in [0.29, 0.717) is 20.7 Å². The number of carboxylic acids is 1. The van der Waals surface area contributed by atoms with E-state index in [1.165, 1.54) is 5.30 Å². The first-order valence-electron chi connectivity index (χ1n) is 11.9. The number of nitrogens with zero attached hydrogens (tertiary/aromatic N) is 2. The maximum atomic E-state index is 12.7. The molecule has 4 aromatic carbocycles. The first-order chi connectivity index (χ1) is 18.0. The van der Waals surface area contributed by atoms with Crippen molar-refractivity contribution in [3.8, 4) is 10.6 Å². The van der Waals surface area contributed by atoms with Gasteiger partial charge in [0.05, 0.1) is 10.2 Å². The molecule has 0 fully saturated rings. The normalized spacial score (nSPS) is 11.4. The Morgan fingerprint density at radius 3 is 2.57 bits per heavy atom. The van der Waals surface area contributed by atoms with Gasteiger partial charge in [0.1, 0.15) is 11.6 Å². The van der Waals surface area contributed by atoms with E-state index in [4.69, 9.17) is 10.1 Å². The molecule has 0 radical (unpaired) electrons. The molecule has 1 aromatic heterocycles. The topological polar surface area (TPSA) is 82.5 Å². The molecule has 5 aromatic rings. The third kappa shape index (κ3) is 5.96. The lowest BCUT2D eigenvalue weighted by Crippen LogP contribution is -2.25. The molecule has 6 nitrogen and oxygen atoms in total. The molecule has 2 N–H and O–H groups in total. The fraction of sp³-hybridized carbons (Fsp3) is 0.138. The number of anilines is 1. The molecule has 0 aliphatic carbocycles. The van der Waals surface area contributed by atoms with Crippen molar-refractivity contribution in [3.05, 3.63) is 90.5 Å². The highest BCUT2D eigenvalue weighted by molar-refractivity contribution is 7.47. The molecule has 5 rings (SSSR count). The summed E-state index contributed by atoms with van der Waals surface area (Å²) in [6, 6.07) is 28.0. The fourth-order valence-corrected chi connectivity index (χ4v) is 6.10. The predicted molar refractivity (Wildman–Crippen MR) is 155 cm³/mol. The van der Waals surface area contributed by atoms with Gasteiger partial charge in [0.2, 0.25) is 0 Å². The van der Waals surface area contributed by atoms with E-state index < -0.39 is 5.97 Å². The highest BCUT2D eigenvalue weighted by Gasteiger charge is 2.12. The van der Waals surface area contributed by atoms with Crippen molar-refractivity contribution in [2.24, 2.45) is 0 Å². The minimum absolute atomic E-state index is 0.0522. The van der Waals surface area contributed by atoms with E-state index in [-0.39, 0.29) is 12.5 Å². The number of carboxylic acid groups (broad SMARTS) is 1. The summed E-state index contributed by atoms with van der Waals surface area (Å²) >= 11 is 1.57. The molecule has 1 amide bonds. The van der Waals surface area contributed by atoms with Gasteiger partial charge in [-0.3, -0.25) is 9.59 Å². The van der Waals surface area contributed by atoms with Crippen LogP contribution in [0.15, 0.2) is 84.9 Å². The number of carbonyl (C=O) groups is 2. The summed E-state index contributed by atoms with van der Waals surface area (Å²) in [4.78, 5) is 30.2. The molecule has 0 saturated carbocycles. The Morgan fingerprint density at radius 2 is 1.76 bits per heavy atom. The molecule has 0 bridgehead atoms. The second-order valence-corrected chi connectivity index (χ2v) is 11.2. The number of likely N-dealkylation sites (N-methyl/N-ethyl adjacent to an activating group) is 1. The van der Waals surface area contributed by atoms with Gasteiger partial charge in [-0.1, -0.05) is 57.1 Å². The number of thiazole rings is 1. The molecule has 0 aliphatic heterocycles. The summed E-state index contributed by atoms with van der Waals surface area (Å²) < 4.78 is 0.972. The molecule has 0 aliphatic rings. The van der Waals surface area contributed by atoms with Crippen LogP contribution in [0.1, 0.15) is 10.4 Å². The summed E-state index contributed by atoms with van der Waals surface area (Å²) in [5.74, 6) is -0.929. The van der Waals surface area contributed by atoms with Crippen molar-refractivity contribution in [1.82, 2.24) is 10.3 Å². The number of hydrogen-bond donors (Lipinski definition) is 2. The van der Waals surface area contributed by atoms with Gasteiger partial charge >= 0.3 is 5.97 Å². The SMILES string of the molecule is CN(CC(=O)O)c1ccc2cc(-c3nc4ccc(C(=O)NCCPc5ccccc5)cc4s3)ccc2c1. The average Bonchev–Trinajstić information content (AvgIpc) is 3.34. The number of benzene rings is 4. The summed E-state index contributed by atoms with van der Waals surface area (Å²) in [5.41, 5.74) is 3.37. The Labute approximate surface area is 220 Å². The van der Waals surface area contributed by atoms with Crippen LogP contribution < -0.4 is 15.5 Å². The minimum Gasteiger partial charge on any atom is -0.480 e. The van der Waals surface area contributed by atoms with Crippen LogP contribution in [0.3, 0.4) is 0 Å². The number of aliphatic carboxylic acids is 1. The third-order valence-electron chi connectivity index (χ3n) is 6.05. The van der Waals surface area contributed by atoms with Crippen LogP contribution in [-0.4, -0.2) is 48.3 Å². The maximum Gasteiger partial charge on any atom is 0.323 e. The Hall–Kier alpha value is -3.80. The molecule has 37 heavy (non-hydrogen) atoms. The first-order valence-corrected chi connectivity index (χ1v) is 13.9. The summed E-state index contributed by atoms with van der Waals surface area (Å²) in [6.07, 6.45) is 0.919. The molecule has 0 spiro atoms. The predicted octanol–water partition coefficient (Wildman–Crippen LogP) is 5.37. The largest absolute Gasteiger partial charge is 0.480 e. The van der Waals surface area contributed by atoms with Crippen LogP contribution in [0.2, 0.25) is 0 Å². The molecule has 0 saturated heterocycles. The standard InChI is InChI=1S/C29H26N3O3PS/c1-32(18-27(33)34)23-11-9-19-15-22(8-7-20(19)16-23)29-31-25-12-10-21(17-26(25)37-29)28(35)30-13-14-36-24-5-3-2-4-6-24/h2-12,15-17,36H,13-14,18H2,1H3,(H,30,35)(H,33,34). The monoisotopic (exact) mass is 527 g/mol. The molecular weight excluding hydrogens is 501 g/mol. The van der Waals surface area contributed by atoms with E-state index in [1.807, 2.05) is 66.7 Å².